The molecule has 6 nitrogen and oxygen atoms in total. The van der Waals surface area contributed by atoms with Crippen LogP contribution >= 0.6 is 0 Å². The van der Waals surface area contributed by atoms with Gasteiger partial charge in [0.1, 0.15) is 0 Å². The number of ether oxygens (including phenoxy) is 1. The summed E-state index contributed by atoms with van der Waals surface area (Å²) in [6.45, 7) is 12.3. The molecule has 3 aromatic rings. The van der Waals surface area contributed by atoms with E-state index in [0.29, 0.717) is 55.4 Å². The quantitative estimate of drug-likeness (QED) is 0.118. The first kappa shape index (κ1) is 41.6. The highest BCUT2D eigenvalue weighted by atomic mass is 16.5. The normalized spacial score (nSPS) is 39.4. The number of aliphatic hydroxyl groups is 3. The van der Waals surface area contributed by atoms with Gasteiger partial charge in [-0.15, -0.1) is 0 Å². The fourth-order valence-electron chi connectivity index (χ4n) is 15.5. The summed E-state index contributed by atoms with van der Waals surface area (Å²) in [6, 6.07) is 28.6. The maximum absolute atomic E-state index is 15.3. The van der Waals surface area contributed by atoms with E-state index in [1.165, 1.54) is 19.3 Å². The summed E-state index contributed by atoms with van der Waals surface area (Å²) in [7, 11) is 0. The van der Waals surface area contributed by atoms with Crippen LogP contribution in [0.3, 0.4) is 0 Å². The molecule has 324 valence electrons. The van der Waals surface area contributed by atoms with Gasteiger partial charge in [-0.25, -0.2) is 0 Å². The Morgan fingerprint density at radius 3 is 2.20 bits per heavy atom. The van der Waals surface area contributed by atoms with Gasteiger partial charge in [0.05, 0.1) is 31.0 Å². The van der Waals surface area contributed by atoms with Crippen molar-refractivity contribution in [2.24, 2.45) is 56.7 Å². The van der Waals surface area contributed by atoms with Gasteiger partial charge < -0.3 is 20.1 Å². The number of hydrogen-bond donors (Lipinski definition) is 3. The number of nitrogens with zero attached hydrogens (tertiary/aromatic N) is 1. The summed E-state index contributed by atoms with van der Waals surface area (Å²) in [5.41, 5.74) is 2.82. The molecule has 6 saturated carbocycles. The van der Waals surface area contributed by atoms with Gasteiger partial charge in [0.25, 0.3) is 0 Å². The molecule has 0 radical (unpaired) electrons. The second-order valence-corrected chi connectivity index (χ2v) is 22.1. The van der Waals surface area contributed by atoms with Crippen molar-refractivity contribution >= 4 is 5.78 Å². The SMILES string of the molecule is CC1(C)[C@H]2CC[C@@H](CN(C[C@@H](O)COCc3ccccc3)C[C@]3(O)CC[C@H]4[C@]56C=C[C@@]7(C=C5C(=O)c5ccc(-c8ccccc8)cc5)CC(O)CC[C@]7(C)[C@H]6CC[C@@]43C)[C@@H]1C2. The second kappa shape index (κ2) is 15.1. The minimum atomic E-state index is -0.997. The Bertz CT molecular complexity index is 2160. The third kappa shape index (κ3) is 6.46. The van der Waals surface area contributed by atoms with Crippen LogP contribution in [0.4, 0.5) is 0 Å². The Hall–Kier alpha value is -3.39. The molecule has 6 heteroatoms. The molecule has 1 unspecified atom stereocenters. The molecule has 61 heavy (non-hydrogen) atoms. The fraction of sp³-hybridized carbons (Fsp3) is 0.582. The summed E-state index contributed by atoms with van der Waals surface area (Å²) in [4.78, 5) is 17.7. The van der Waals surface area contributed by atoms with Gasteiger partial charge in [-0.1, -0.05) is 131 Å². The molecule has 0 saturated heterocycles. The predicted molar refractivity (Wildman–Crippen MR) is 241 cm³/mol. The highest BCUT2D eigenvalue weighted by Crippen LogP contribution is 2.78. The van der Waals surface area contributed by atoms with E-state index in [1.54, 1.807) is 0 Å². The molecule has 2 spiro atoms. The number of benzene rings is 3. The highest BCUT2D eigenvalue weighted by Gasteiger charge is 2.74. The molecule has 12 atom stereocenters. The topological polar surface area (TPSA) is 90.2 Å². The molecule has 6 fully saturated rings. The summed E-state index contributed by atoms with van der Waals surface area (Å²) < 4.78 is 6.08. The molecule has 3 N–H and O–H groups in total. The van der Waals surface area contributed by atoms with Crippen LogP contribution in [-0.2, 0) is 11.3 Å². The highest BCUT2D eigenvalue weighted by molar-refractivity contribution is 6.10. The average molecular weight is 824 g/mol. The standard InChI is InChI=1S/C55H69NO5/c1-50(2)42-20-19-41(45(50)29-42)32-56(33-44(58)35-61-34-37-11-7-5-8-12-37)36-54(60)26-23-48-52(54,4)25-22-47-51(3)24-21-43(57)30-53(51)27-28-55(47,48)46(31-53)49(59)40-17-15-39(16-18-40)38-13-9-6-10-14-38/h5-18,27-28,31,41-45,47-48,57-58,60H,19-26,29-30,32-36H2,1-4H3/t41-,42-,43?,44+,45-,47+,48+,51+,52-,53-,54+,55+/m0/s1. The Labute approximate surface area is 364 Å². The predicted octanol–water partition coefficient (Wildman–Crippen LogP) is 10.1. The van der Waals surface area contributed by atoms with Crippen molar-refractivity contribution < 1.29 is 24.9 Å². The van der Waals surface area contributed by atoms with Gasteiger partial charge >= 0.3 is 0 Å². The van der Waals surface area contributed by atoms with Crippen molar-refractivity contribution in [3.8, 4) is 11.1 Å². The minimum Gasteiger partial charge on any atom is -0.393 e. The number of allylic oxidation sites excluding steroid dienone is 4. The van der Waals surface area contributed by atoms with Gasteiger partial charge in [0.15, 0.2) is 5.78 Å². The molecule has 0 aliphatic heterocycles. The maximum Gasteiger partial charge on any atom is 0.189 e. The summed E-state index contributed by atoms with van der Waals surface area (Å²) in [5, 5.41) is 36.3. The Balaban J connectivity index is 0.967. The number of carbonyl (C=O) groups is 1. The number of carbonyl (C=O) groups excluding carboxylic acids is 1. The molecule has 9 aliphatic carbocycles. The summed E-state index contributed by atoms with van der Waals surface area (Å²) in [5.74, 6) is 2.42. The largest absolute Gasteiger partial charge is 0.393 e. The van der Waals surface area contributed by atoms with Crippen LogP contribution in [0, 0.1) is 56.7 Å². The number of ketones is 1. The third-order valence-electron chi connectivity index (χ3n) is 19.1. The zero-order valence-electron chi connectivity index (χ0n) is 37.1. The number of rotatable bonds is 13. The molecule has 12 rings (SSSR count). The van der Waals surface area contributed by atoms with E-state index in [0.717, 1.165) is 66.8 Å². The van der Waals surface area contributed by atoms with Crippen molar-refractivity contribution in [1.82, 2.24) is 4.90 Å². The van der Waals surface area contributed by atoms with E-state index < -0.39 is 28.6 Å². The lowest BCUT2D eigenvalue weighted by molar-refractivity contribution is -0.179. The molecule has 0 heterocycles. The van der Waals surface area contributed by atoms with E-state index >= 15 is 4.79 Å². The minimum absolute atomic E-state index is 0.0720. The van der Waals surface area contributed by atoms with Gasteiger partial charge in [-0.05, 0) is 121 Å². The molecule has 9 aliphatic rings. The van der Waals surface area contributed by atoms with E-state index in [2.05, 4.69) is 87.2 Å². The third-order valence-corrected chi connectivity index (χ3v) is 19.1. The number of aliphatic hydroxyl groups excluding tert-OH is 2. The van der Waals surface area contributed by atoms with Crippen LogP contribution in [-0.4, -0.2) is 70.1 Å². The molecule has 3 aromatic carbocycles. The van der Waals surface area contributed by atoms with Crippen LogP contribution in [0.1, 0.15) is 108 Å². The first-order valence-electron chi connectivity index (χ1n) is 23.8. The molecular formula is C55H69NO5. The maximum atomic E-state index is 15.3. The average Bonchev–Trinajstić information content (AvgIpc) is 3.53. The van der Waals surface area contributed by atoms with Crippen molar-refractivity contribution in [1.29, 1.82) is 0 Å². The lowest BCUT2D eigenvalue weighted by Crippen LogP contribution is -2.67. The summed E-state index contributed by atoms with van der Waals surface area (Å²) in [6.07, 6.45) is 15.6. The number of Topliss-reactive ketones (excluding diaryl/α,β-unsaturated/α-hetero) is 1. The van der Waals surface area contributed by atoms with E-state index in [-0.39, 0.29) is 35.1 Å². The first-order valence-corrected chi connectivity index (χ1v) is 23.8. The zero-order valence-corrected chi connectivity index (χ0v) is 37.1. The van der Waals surface area contributed by atoms with Crippen molar-refractivity contribution in [2.75, 3.05) is 26.2 Å². The first-order chi connectivity index (χ1) is 29.2. The molecular weight excluding hydrogens is 755 g/mol. The monoisotopic (exact) mass is 824 g/mol. The van der Waals surface area contributed by atoms with Gasteiger partial charge in [0, 0.05) is 47.0 Å². The molecule has 0 aromatic heterocycles. The van der Waals surface area contributed by atoms with E-state index in [9.17, 15) is 15.3 Å². The fourth-order valence-corrected chi connectivity index (χ4v) is 15.5. The Kier molecular flexibility index (Phi) is 10.3. The smallest absolute Gasteiger partial charge is 0.189 e. The van der Waals surface area contributed by atoms with Crippen LogP contribution in [0.5, 0.6) is 0 Å². The number of fused-ring (bicyclic) bond motifs is 3. The molecule has 0 amide bonds. The van der Waals surface area contributed by atoms with Gasteiger partial charge in [0.2, 0.25) is 0 Å². The van der Waals surface area contributed by atoms with Crippen molar-refractivity contribution in [3.05, 3.63) is 120 Å². The second-order valence-electron chi connectivity index (χ2n) is 22.1. The van der Waals surface area contributed by atoms with Crippen molar-refractivity contribution in [2.45, 2.75) is 116 Å². The van der Waals surface area contributed by atoms with E-state index in [1.807, 2.05) is 48.5 Å². The van der Waals surface area contributed by atoms with E-state index in [4.69, 9.17) is 4.74 Å². The van der Waals surface area contributed by atoms with Gasteiger partial charge in [-0.2, -0.15) is 0 Å². The van der Waals surface area contributed by atoms with Crippen LogP contribution in [0.25, 0.3) is 11.1 Å². The molecule has 4 bridgehead atoms. The Morgan fingerprint density at radius 1 is 0.803 bits per heavy atom. The van der Waals surface area contributed by atoms with Crippen LogP contribution in [0.2, 0.25) is 0 Å². The van der Waals surface area contributed by atoms with Crippen LogP contribution in [0.15, 0.2) is 109 Å². The van der Waals surface area contributed by atoms with Gasteiger partial charge in [-0.3, -0.25) is 9.69 Å². The lowest BCUT2D eigenvalue weighted by atomic mass is 9.32. The Morgan fingerprint density at radius 2 is 1.48 bits per heavy atom. The lowest BCUT2D eigenvalue weighted by Gasteiger charge is -2.71. The zero-order chi connectivity index (χ0) is 42.4. The number of hydrogen-bond acceptors (Lipinski definition) is 6. The van der Waals surface area contributed by atoms with Crippen molar-refractivity contribution in [3.63, 3.8) is 0 Å². The summed E-state index contributed by atoms with van der Waals surface area (Å²) >= 11 is 0. The van der Waals surface area contributed by atoms with Crippen LogP contribution < -0.4 is 0 Å².